The summed E-state index contributed by atoms with van der Waals surface area (Å²) in [7, 11) is 1.75. The first-order valence-corrected chi connectivity index (χ1v) is 10.3. The fourth-order valence-electron chi connectivity index (χ4n) is 3.44. The second-order valence-electron chi connectivity index (χ2n) is 7.79. The van der Waals surface area contributed by atoms with Crippen LogP contribution in [0.3, 0.4) is 0 Å². The third-order valence-electron chi connectivity index (χ3n) is 5.37. The molecular formula is C23H17ClF2N6O2. The molecule has 1 aromatic carbocycles. The number of pyridine rings is 1. The molecule has 4 aromatic rings. The summed E-state index contributed by atoms with van der Waals surface area (Å²) in [5, 5.41) is 20.1. The van der Waals surface area contributed by atoms with Gasteiger partial charge in [-0.2, -0.15) is 10.4 Å². The minimum Gasteiger partial charge on any atom is -0.355 e. The normalized spacial score (nSPS) is 12.7. The molecule has 0 radical (unpaired) electrons. The fraction of sp³-hybridized carbons (Fsp3) is 0.174. The van der Waals surface area contributed by atoms with E-state index in [0.29, 0.717) is 17.3 Å². The molecule has 0 spiro atoms. The fourth-order valence-corrected chi connectivity index (χ4v) is 3.65. The highest BCUT2D eigenvalue weighted by Crippen LogP contribution is 2.32. The Morgan fingerprint density at radius 2 is 2.09 bits per heavy atom. The molecule has 0 aliphatic heterocycles. The highest BCUT2D eigenvalue weighted by Gasteiger charge is 2.34. The van der Waals surface area contributed by atoms with Crippen LogP contribution in [0.2, 0.25) is 5.15 Å². The number of hydrogen-bond acceptors (Lipinski definition) is 6. The number of aromatic nitrogens is 4. The lowest BCUT2D eigenvalue weighted by molar-refractivity contribution is 0.0938. The molecule has 0 saturated carbocycles. The van der Waals surface area contributed by atoms with Crippen molar-refractivity contribution in [3.8, 4) is 17.4 Å². The standard InChI is InChI=1S/C23H17ClF2N6O2/c1-23(14-10-29-32(2)11-14,20-5-13(9-27)6-21(24)30-20)12-28-22(33)18-8-19(34-31-18)16-4-3-15(25)7-17(16)26/h3-8,10-11H,12H2,1-2H3,(H,28,33). The Bertz CT molecular complexity index is 1430. The maximum atomic E-state index is 14.0. The minimum atomic E-state index is -0.907. The molecule has 8 nitrogen and oxygen atoms in total. The molecule has 1 unspecified atom stereocenters. The van der Waals surface area contributed by atoms with Crippen LogP contribution in [0.1, 0.15) is 34.2 Å². The van der Waals surface area contributed by atoms with Crippen molar-refractivity contribution in [2.24, 2.45) is 7.05 Å². The van der Waals surface area contributed by atoms with Gasteiger partial charge >= 0.3 is 0 Å². The number of nitrogens with one attached hydrogen (secondary N) is 1. The molecular weight excluding hydrogens is 466 g/mol. The number of carbonyl (C=O) groups is 1. The summed E-state index contributed by atoms with van der Waals surface area (Å²) in [5.74, 6) is -2.18. The van der Waals surface area contributed by atoms with Gasteiger partial charge < -0.3 is 9.84 Å². The SMILES string of the molecule is Cn1cc(C(C)(CNC(=O)c2cc(-c3ccc(F)cc3F)on2)c2cc(C#N)cc(Cl)n2)cn1. The second-order valence-corrected chi connectivity index (χ2v) is 8.18. The van der Waals surface area contributed by atoms with E-state index in [0.717, 1.165) is 11.6 Å². The van der Waals surface area contributed by atoms with Gasteiger partial charge in [-0.15, -0.1) is 0 Å². The van der Waals surface area contributed by atoms with E-state index < -0.39 is 23.0 Å². The van der Waals surface area contributed by atoms with E-state index >= 15 is 0 Å². The van der Waals surface area contributed by atoms with E-state index in [9.17, 15) is 18.8 Å². The zero-order valence-corrected chi connectivity index (χ0v) is 18.8. The monoisotopic (exact) mass is 482 g/mol. The van der Waals surface area contributed by atoms with Crippen LogP contribution in [0.4, 0.5) is 8.78 Å². The van der Waals surface area contributed by atoms with Crippen LogP contribution in [0.15, 0.2) is 53.3 Å². The quantitative estimate of drug-likeness (QED) is 0.416. The van der Waals surface area contributed by atoms with Gasteiger partial charge in [-0.05, 0) is 31.2 Å². The summed E-state index contributed by atoms with van der Waals surface area (Å²) >= 11 is 6.12. The van der Waals surface area contributed by atoms with Crippen LogP contribution in [-0.4, -0.2) is 32.4 Å². The first kappa shape index (κ1) is 23.1. The minimum absolute atomic E-state index is 0.0205. The maximum Gasteiger partial charge on any atom is 0.273 e. The van der Waals surface area contributed by atoms with Crippen LogP contribution in [0.25, 0.3) is 11.3 Å². The van der Waals surface area contributed by atoms with Crippen molar-refractivity contribution in [3.05, 3.63) is 88.1 Å². The number of hydrogen-bond donors (Lipinski definition) is 1. The molecule has 1 amide bonds. The summed E-state index contributed by atoms with van der Waals surface area (Å²) in [4.78, 5) is 17.2. The van der Waals surface area contributed by atoms with Crippen LogP contribution >= 0.6 is 11.6 Å². The lowest BCUT2D eigenvalue weighted by Gasteiger charge is -2.28. The molecule has 0 bridgehead atoms. The van der Waals surface area contributed by atoms with Crippen molar-refractivity contribution in [2.75, 3.05) is 6.54 Å². The first-order valence-electron chi connectivity index (χ1n) is 9.97. The predicted molar refractivity (Wildman–Crippen MR) is 118 cm³/mol. The zero-order valence-electron chi connectivity index (χ0n) is 18.0. The molecule has 1 atom stereocenters. The molecule has 3 aromatic heterocycles. The van der Waals surface area contributed by atoms with Crippen molar-refractivity contribution in [2.45, 2.75) is 12.3 Å². The van der Waals surface area contributed by atoms with Gasteiger partial charge in [-0.3, -0.25) is 9.48 Å². The van der Waals surface area contributed by atoms with Gasteiger partial charge in [0.05, 0.1) is 34.5 Å². The summed E-state index contributed by atoms with van der Waals surface area (Å²) in [6.07, 6.45) is 3.40. The van der Waals surface area contributed by atoms with Gasteiger partial charge in [0.1, 0.15) is 16.8 Å². The first-order chi connectivity index (χ1) is 16.2. The number of halogens is 3. The predicted octanol–water partition coefficient (Wildman–Crippen LogP) is 4.01. The van der Waals surface area contributed by atoms with Crippen molar-refractivity contribution in [3.63, 3.8) is 0 Å². The molecule has 1 N–H and O–H groups in total. The topological polar surface area (TPSA) is 110 Å². The van der Waals surface area contributed by atoms with Crippen molar-refractivity contribution >= 4 is 17.5 Å². The van der Waals surface area contributed by atoms with Gasteiger partial charge in [-0.25, -0.2) is 13.8 Å². The number of nitriles is 1. The van der Waals surface area contributed by atoms with Crippen molar-refractivity contribution in [1.82, 2.24) is 25.2 Å². The Kier molecular flexibility index (Phi) is 6.13. The highest BCUT2D eigenvalue weighted by atomic mass is 35.5. The largest absolute Gasteiger partial charge is 0.355 e. The second kappa shape index (κ2) is 9.03. The lowest BCUT2D eigenvalue weighted by Crippen LogP contribution is -2.40. The number of carbonyl (C=O) groups excluding carboxylic acids is 1. The van der Waals surface area contributed by atoms with E-state index in [2.05, 4.69) is 20.6 Å². The number of nitrogens with zero attached hydrogens (tertiary/aromatic N) is 5. The van der Waals surface area contributed by atoms with Crippen molar-refractivity contribution in [1.29, 1.82) is 5.26 Å². The Labute approximate surface area is 197 Å². The smallest absolute Gasteiger partial charge is 0.273 e. The molecule has 3 heterocycles. The molecule has 0 aliphatic carbocycles. The Morgan fingerprint density at radius 3 is 2.76 bits per heavy atom. The number of benzene rings is 1. The molecule has 11 heteroatoms. The summed E-state index contributed by atoms with van der Waals surface area (Å²) in [5.41, 5.74) is 0.473. The van der Waals surface area contributed by atoms with E-state index in [1.165, 1.54) is 18.2 Å². The van der Waals surface area contributed by atoms with Gasteiger partial charge in [-0.1, -0.05) is 16.8 Å². The Morgan fingerprint density at radius 1 is 1.29 bits per heavy atom. The van der Waals surface area contributed by atoms with Crippen molar-refractivity contribution < 1.29 is 18.1 Å². The Balaban J connectivity index is 1.61. The van der Waals surface area contributed by atoms with Crippen LogP contribution in [0, 0.1) is 23.0 Å². The van der Waals surface area contributed by atoms with Gasteiger partial charge in [0.15, 0.2) is 11.5 Å². The molecule has 0 aliphatic rings. The highest BCUT2D eigenvalue weighted by molar-refractivity contribution is 6.29. The van der Waals surface area contributed by atoms with E-state index in [1.807, 2.05) is 13.0 Å². The number of amides is 1. The Hall–Kier alpha value is -4.10. The number of aryl methyl sites for hydroxylation is 1. The third kappa shape index (κ3) is 4.51. The van der Waals surface area contributed by atoms with E-state index in [-0.39, 0.29) is 28.7 Å². The van der Waals surface area contributed by atoms with Gasteiger partial charge in [0.25, 0.3) is 5.91 Å². The molecule has 4 rings (SSSR count). The number of rotatable bonds is 6. The molecule has 0 fully saturated rings. The average molecular weight is 483 g/mol. The molecule has 0 saturated heterocycles. The summed E-state index contributed by atoms with van der Waals surface area (Å²) < 4.78 is 33.9. The van der Waals surface area contributed by atoms with Gasteiger partial charge in [0.2, 0.25) is 0 Å². The summed E-state index contributed by atoms with van der Waals surface area (Å²) in [6, 6.07) is 9.33. The van der Waals surface area contributed by atoms with Gasteiger partial charge in [0, 0.05) is 37.5 Å². The third-order valence-corrected chi connectivity index (χ3v) is 5.57. The lowest BCUT2D eigenvalue weighted by atomic mass is 9.80. The van der Waals surface area contributed by atoms with E-state index in [4.69, 9.17) is 16.1 Å². The van der Waals surface area contributed by atoms with Crippen LogP contribution < -0.4 is 5.32 Å². The van der Waals surface area contributed by atoms with Crippen LogP contribution in [0.5, 0.6) is 0 Å². The molecule has 34 heavy (non-hydrogen) atoms. The zero-order chi connectivity index (χ0) is 24.5. The maximum absolute atomic E-state index is 14.0. The summed E-state index contributed by atoms with van der Waals surface area (Å²) in [6.45, 7) is 1.87. The molecule has 172 valence electrons. The van der Waals surface area contributed by atoms with E-state index in [1.54, 1.807) is 30.2 Å². The average Bonchev–Trinajstić information content (AvgIpc) is 3.46. The van der Waals surface area contributed by atoms with Crippen LogP contribution in [-0.2, 0) is 12.5 Å².